The molecule has 8 nitrogen and oxygen atoms in total. The van der Waals surface area contributed by atoms with Crippen molar-refractivity contribution >= 4 is 23.5 Å². The van der Waals surface area contributed by atoms with Gasteiger partial charge in [0, 0.05) is 29.3 Å². The van der Waals surface area contributed by atoms with Gasteiger partial charge in [0.2, 0.25) is 0 Å². The molecule has 0 fully saturated rings. The summed E-state index contributed by atoms with van der Waals surface area (Å²) in [5, 5.41) is 4.40. The van der Waals surface area contributed by atoms with E-state index >= 15 is 0 Å². The van der Waals surface area contributed by atoms with Crippen LogP contribution in [0.15, 0.2) is 53.1 Å². The van der Waals surface area contributed by atoms with Crippen LogP contribution in [0.2, 0.25) is 5.02 Å². The van der Waals surface area contributed by atoms with Crippen LogP contribution in [0.3, 0.4) is 0 Å². The van der Waals surface area contributed by atoms with E-state index in [1.54, 1.807) is 42.5 Å². The Bertz CT molecular complexity index is 1060. The third-order valence-corrected chi connectivity index (χ3v) is 4.69. The van der Waals surface area contributed by atoms with E-state index in [0.29, 0.717) is 33.4 Å². The van der Waals surface area contributed by atoms with Crippen molar-refractivity contribution in [1.29, 1.82) is 0 Å². The fourth-order valence-corrected chi connectivity index (χ4v) is 3.10. The minimum absolute atomic E-state index is 0.0498. The normalized spacial score (nSPS) is 10.5. The van der Waals surface area contributed by atoms with Gasteiger partial charge in [-0.3, -0.25) is 9.59 Å². The number of nitrogens with zero attached hydrogens (tertiary/aromatic N) is 2. The molecule has 1 heterocycles. The maximum atomic E-state index is 13.1. The van der Waals surface area contributed by atoms with Crippen LogP contribution in [-0.4, -0.2) is 49.8 Å². The zero-order chi connectivity index (χ0) is 22.4. The first-order valence-corrected chi connectivity index (χ1v) is 9.62. The first-order chi connectivity index (χ1) is 14.9. The molecule has 0 N–H and O–H groups in total. The number of aromatic nitrogens is 1. The molecule has 0 aliphatic carbocycles. The second-order valence-electron chi connectivity index (χ2n) is 6.55. The summed E-state index contributed by atoms with van der Waals surface area (Å²) in [6.07, 6.45) is 0. The molecule has 0 aliphatic heterocycles. The smallest absolute Gasteiger partial charge is 0.325 e. The molecule has 0 aliphatic rings. The molecular weight excluding hydrogens is 424 g/mol. The second-order valence-corrected chi connectivity index (χ2v) is 6.98. The van der Waals surface area contributed by atoms with Crippen LogP contribution in [0.5, 0.6) is 11.5 Å². The Balaban J connectivity index is 1.88. The highest BCUT2D eigenvalue weighted by molar-refractivity contribution is 6.30. The van der Waals surface area contributed by atoms with E-state index in [2.05, 4.69) is 5.16 Å². The lowest BCUT2D eigenvalue weighted by Gasteiger charge is -2.21. The lowest BCUT2D eigenvalue weighted by molar-refractivity contribution is -0.141. The van der Waals surface area contributed by atoms with Gasteiger partial charge in [0.05, 0.1) is 21.3 Å². The Morgan fingerprint density at radius 3 is 2.35 bits per heavy atom. The number of rotatable bonds is 8. The monoisotopic (exact) mass is 444 g/mol. The first-order valence-electron chi connectivity index (χ1n) is 9.24. The van der Waals surface area contributed by atoms with Gasteiger partial charge in [-0.25, -0.2) is 0 Å². The van der Waals surface area contributed by atoms with E-state index in [9.17, 15) is 9.59 Å². The van der Waals surface area contributed by atoms with Crippen LogP contribution in [0.25, 0.3) is 11.3 Å². The highest BCUT2D eigenvalue weighted by Gasteiger charge is 2.24. The summed E-state index contributed by atoms with van der Waals surface area (Å²) in [6, 6.07) is 13.7. The van der Waals surface area contributed by atoms with E-state index in [1.807, 2.05) is 0 Å². The fraction of sp³-hybridized carbons (Fsp3) is 0.227. The summed E-state index contributed by atoms with van der Waals surface area (Å²) in [7, 11) is 4.32. The fourth-order valence-electron chi connectivity index (χ4n) is 2.91. The maximum Gasteiger partial charge on any atom is 0.325 e. The van der Waals surface area contributed by atoms with Crippen molar-refractivity contribution in [2.75, 3.05) is 27.9 Å². The Hall–Kier alpha value is -3.52. The van der Waals surface area contributed by atoms with Crippen molar-refractivity contribution in [1.82, 2.24) is 10.1 Å². The minimum atomic E-state index is -0.568. The quantitative estimate of drug-likeness (QED) is 0.487. The molecule has 0 radical (unpaired) electrons. The average molecular weight is 445 g/mol. The zero-order valence-electron chi connectivity index (χ0n) is 17.3. The van der Waals surface area contributed by atoms with E-state index in [-0.39, 0.29) is 18.8 Å². The van der Waals surface area contributed by atoms with Gasteiger partial charge in [0.15, 0.2) is 11.5 Å². The van der Waals surface area contributed by atoms with Crippen LogP contribution in [0.4, 0.5) is 0 Å². The van der Waals surface area contributed by atoms with Crippen LogP contribution in [-0.2, 0) is 16.1 Å². The molecule has 0 spiro atoms. The Morgan fingerprint density at radius 2 is 1.74 bits per heavy atom. The summed E-state index contributed by atoms with van der Waals surface area (Å²) >= 11 is 6.02. The molecule has 0 atom stereocenters. The Morgan fingerprint density at radius 1 is 1.03 bits per heavy atom. The molecule has 3 rings (SSSR count). The Kier molecular flexibility index (Phi) is 7.15. The molecule has 3 aromatic rings. The van der Waals surface area contributed by atoms with E-state index in [0.717, 1.165) is 0 Å². The topological polar surface area (TPSA) is 91.1 Å². The standard InChI is InChI=1S/C22H21ClN2O6/c1-28-17-7-14(8-18(10-17)29-2)12-25(13-21(26)30-3)22(27)19-11-20(31-24-19)15-5-4-6-16(23)9-15/h4-11H,12-13H2,1-3H3. The van der Waals surface area contributed by atoms with E-state index < -0.39 is 11.9 Å². The number of carbonyl (C=O) groups is 2. The van der Waals surface area contributed by atoms with Gasteiger partial charge < -0.3 is 23.6 Å². The largest absolute Gasteiger partial charge is 0.497 e. The molecule has 1 amide bonds. The average Bonchev–Trinajstić information content (AvgIpc) is 3.28. The van der Waals surface area contributed by atoms with Crippen molar-refractivity contribution in [3.63, 3.8) is 0 Å². The zero-order valence-corrected chi connectivity index (χ0v) is 18.0. The predicted octanol–water partition coefficient (Wildman–Crippen LogP) is 3.83. The van der Waals surface area contributed by atoms with E-state index in [1.165, 1.54) is 32.3 Å². The van der Waals surface area contributed by atoms with Crippen LogP contribution < -0.4 is 9.47 Å². The summed E-state index contributed by atoms with van der Waals surface area (Å²) in [5.74, 6) is 0.437. The highest BCUT2D eigenvalue weighted by atomic mass is 35.5. The lowest BCUT2D eigenvalue weighted by atomic mass is 10.1. The molecule has 2 aromatic carbocycles. The van der Waals surface area contributed by atoms with Crippen molar-refractivity contribution in [3.05, 3.63) is 64.8 Å². The van der Waals surface area contributed by atoms with Crippen LogP contribution in [0, 0.1) is 0 Å². The van der Waals surface area contributed by atoms with E-state index in [4.69, 9.17) is 30.3 Å². The van der Waals surface area contributed by atoms with Gasteiger partial charge in [-0.15, -0.1) is 0 Å². The van der Waals surface area contributed by atoms with Gasteiger partial charge in [0.1, 0.15) is 18.0 Å². The van der Waals surface area contributed by atoms with Gasteiger partial charge in [-0.2, -0.15) is 0 Å². The molecule has 0 bridgehead atoms. The van der Waals surface area contributed by atoms with Crippen molar-refractivity contribution in [2.24, 2.45) is 0 Å². The number of hydrogen-bond acceptors (Lipinski definition) is 7. The van der Waals surface area contributed by atoms with Crippen LogP contribution >= 0.6 is 11.6 Å². The number of benzene rings is 2. The predicted molar refractivity (Wildman–Crippen MR) is 113 cm³/mol. The SMILES string of the molecule is COC(=O)CN(Cc1cc(OC)cc(OC)c1)C(=O)c1cc(-c2cccc(Cl)c2)on1. The maximum absolute atomic E-state index is 13.1. The summed E-state index contributed by atoms with van der Waals surface area (Å²) in [5.41, 5.74) is 1.43. The van der Waals surface area contributed by atoms with Crippen molar-refractivity contribution in [2.45, 2.75) is 6.54 Å². The third-order valence-electron chi connectivity index (χ3n) is 4.46. The summed E-state index contributed by atoms with van der Waals surface area (Å²) in [4.78, 5) is 26.4. The van der Waals surface area contributed by atoms with Gasteiger partial charge >= 0.3 is 5.97 Å². The minimum Gasteiger partial charge on any atom is -0.497 e. The highest BCUT2D eigenvalue weighted by Crippen LogP contribution is 2.26. The molecule has 0 unspecified atom stereocenters. The van der Waals surface area contributed by atoms with Crippen molar-refractivity contribution in [3.8, 4) is 22.8 Å². The number of hydrogen-bond donors (Lipinski definition) is 0. The summed E-state index contributed by atoms with van der Waals surface area (Å²) in [6.45, 7) is -0.172. The number of methoxy groups -OCH3 is 3. The van der Waals surface area contributed by atoms with Crippen LogP contribution in [0.1, 0.15) is 16.1 Å². The molecule has 9 heteroatoms. The third kappa shape index (κ3) is 5.55. The lowest BCUT2D eigenvalue weighted by Crippen LogP contribution is -2.36. The molecule has 162 valence electrons. The van der Waals surface area contributed by atoms with Crippen molar-refractivity contribution < 1.29 is 28.3 Å². The summed E-state index contributed by atoms with van der Waals surface area (Å²) < 4.78 is 20.6. The molecular formula is C22H21ClN2O6. The molecule has 31 heavy (non-hydrogen) atoms. The molecule has 0 saturated carbocycles. The van der Waals surface area contributed by atoms with Gasteiger partial charge in [0.25, 0.3) is 5.91 Å². The molecule has 0 saturated heterocycles. The first kappa shape index (κ1) is 22.2. The number of halogens is 1. The Labute approximate surface area is 184 Å². The number of esters is 1. The van der Waals surface area contributed by atoms with Gasteiger partial charge in [-0.05, 0) is 29.8 Å². The molecule has 1 aromatic heterocycles. The number of amides is 1. The van der Waals surface area contributed by atoms with Gasteiger partial charge in [-0.1, -0.05) is 28.9 Å². The second kappa shape index (κ2) is 9.99. The number of carbonyl (C=O) groups excluding carboxylic acids is 2. The number of ether oxygens (including phenoxy) is 3.